The summed E-state index contributed by atoms with van der Waals surface area (Å²) >= 11 is 10.5. The Hall–Kier alpha value is -2.93. The first-order valence-electron chi connectivity index (χ1n) is 9.68. The maximum atomic E-state index is 14.5. The number of rotatable bonds is 5. The van der Waals surface area contributed by atoms with Gasteiger partial charge in [0, 0.05) is 18.9 Å². The lowest BCUT2D eigenvalue weighted by Crippen LogP contribution is -2.34. The highest BCUT2D eigenvalue weighted by Gasteiger charge is 2.40. The minimum Gasteiger partial charge on any atom is -0.337 e. The number of H-pyrrole nitrogens is 1. The van der Waals surface area contributed by atoms with Crippen LogP contribution < -0.4 is 4.90 Å². The van der Waals surface area contributed by atoms with Crippen molar-refractivity contribution in [3.05, 3.63) is 74.8 Å². The van der Waals surface area contributed by atoms with E-state index in [1.165, 1.54) is 13.1 Å². The largest absolute Gasteiger partial charge is 0.416 e. The number of hydrogen-bond acceptors (Lipinski definition) is 2. The van der Waals surface area contributed by atoms with Crippen molar-refractivity contribution < 1.29 is 39.9 Å². The smallest absolute Gasteiger partial charge is 0.337 e. The number of nitrogens with zero attached hydrogens (tertiary/aromatic N) is 2. The summed E-state index contributed by atoms with van der Waals surface area (Å²) < 4.78 is 111. The average molecular weight is 544 g/mol. The van der Waals surface area contributed by atoms with E-state index in [9.17, 15) is 39.9 Å². The SMILES string of the molecule is CCN(C(=O)Cc1c(-n2cc[nH]c2=S)cc(C(F)(F)F)cc1C(F)(F)F)c1ccc(F)c(Cl)c1F. The van der Waals surface area contributed by atoms with E-state index in [2.05, 4.69) is 4.98 Å². The summed E-state index contributed by atoms with van der Waals surface area (Å²) in [7, 11) is 0. The van der Waals surface area contributed by atoms with Gasteiger partial charge in [0.05, 0.1) is 28.9 Å². The lowest BCUT2D eigenvalue weighted by Gasteiger charge is -2.25. The number of alkyl halides is 6. The molecule has 3 aromatic rings. The number of carbonyl (C=O) groups excluding carboxylic acids is 1. The fourth-order valence-electron chi connectivity index (χ4n) is 3.44. The molecular weight excluding hydrogens is 530 g/mol. The monoisotopic (exact) mass is 543 g/mol. The minimum atomic E-state index is -5.29. The third kappa shape index (κ3) is 5.35. The van der Waals surface area contributed by atoms with Gasteiger partial charge >= 0.3 is 12.4 Å². The van der Waals surface area contributed by atoms with Gasteiger partial charge in [-0.25, -0.2) is 8.78 Å². The van der Waals surface area contributed by atoms with Gasteiger partial charge < -0.3 is 9.88 Å². The highest BCUT2D eigenvalue weighted by Crippen LogP contribution is 2.41. The van der Waals surface area contributed by atoms with Gasteiger partial charge in [0.25, 0.3) is 0 Å². The molecule has 0 atom stereocenters. The predicted molar refractivity (Wildman–Crippen MR) is 114 cm³/mol. The molecule has 0 fully saturated rings. The molecule has 2 aromatic carbocycles. The Bertz CT molecular complexity index is 1330. The standard InChI is InChI=1S/C21H14ClF8N3OS/c1-2-32(14-4-3-13(23)17(22)18(14)24)16(34)9-11-12(21(28,29)30)7-10(20(25,26)27)8-15(11)33-6-5-31-19(33)35/h3-8H,2,9H2,1H3,(H,31,35). The Morgan fingerprint density at radius 2 is 1.77 bits per heavy atom. The first-order chi connectivity index (χ1) is 16.2. The number of nitrogens with one attached hydrogen (secondary N) is 1. The molecule has 0 spiro atoms. The summed E-state index contributed by atoms with van der Waals surface area (Å²) in [4.78, 5) is 16.2. The predicted octanol–water partition coefficient (Wildman–Crippen LogP) is 7.10. The van der Waals surface area contributed by atoms with Crippen LogP contribution in [-0.4, -0.2) is 22.0 Å². The lowest BCUT2D eigenvalue weighted by atomic mass is 9.97. The average Bonchev–Trinajstić information content (AvgIpc) is 3.18. The number of hydrogen-bond donors (Lipinski definition) is 1. The maximum Gasteiger partial charge on any atom is 0.416 e. The van der Waals surface area contributed by atoms with Crippen molar-refractivity contribution in [3.63, 3.8) is 0 Å². The number of benzene rings is 2. The van der Waals surface area contributed by atoms with Crippen LogP contribution in [0.25, 0.3) is 5.69 Å². The van der Waals surface area contributed by atoms with Crippen LogP contribution in [0.2, 0.25) is 5.02 Å². The Kier molecular flexibility index (Phi) is 7.32. The molecule has 0 aliphatic carbocycles. The van der Waals surface area contributed by atoms with Gasteiger partial charge in [0.15, 0.2) is 10.6 Å². The van der Waals surface area contributed by atoms with Crippen LogP contribution in [0, 0.1) is 16.4 Å². The molecule has 1 heterocycles. The van der Waals surface area contributed by atoms with Crippen LogP contribution in [-0.2, 0) is 23.6 Å². The second kappa shape index (κ2) is 9.61. The first kappa shape index (κ1) is 26.7. The molecule has 0 bridgehead atoms. The van der Waals surface area contributed by atoms with Gasteiger partial charge in [-0.2, -0.15) is 26.3 Å². The van der Waals surface area contributed by atoms with Crippen molar-refractivity contribution in [1.29, 1.82) is 0 Å². The second-order valence-corrected chi connectivity index (χ2v) is 7.93. The summed E-state index contributed by atoms with van der Waals surface area (Å²) in [5.41, 5.74) is -5.29. The Morgan fingerprint density at radius 1 is 1.11 bits per heavy atom. The van der Waals surface area contributed by atoms with E-state index in [1.54, 1.807) is 0 Å². The van der Waals surface area contributed by atoms with Crippen molar-refractivity contribution in [2.45, 2.75) is 25.7 Å². The summed E-state index contributed by atoms with van der Waals surface area (Å²) in [6, 6.07) is 1.97. The van der Waals surface area contributed by atoms with E-state index in [1.807, 2.05) is 0 Å². The van der Waals surface area contributed by atoms with Gasteiger partial charge in [-0.15, -0.1) is 0 Å². The molecule has 188 valence electrons. The summed E-state index contributed by atoms with van der Waals surface area (Å²) in [5.74, 6) is -3.55. The number of amides is 1. The first-order valence-corrected chi connectivity index (χ1v) is 10.5. The number of anilines is 1. The molecule has 3 rings (SSSR count). The molecule has 1 amide bonds. The third-order valence-corrected chi connectivity index (χ3v) is 5.68. The number of imidazole rings is 1. The summed E-state index contributed by atoms with van der Waals surface area (Å²) in [6.07, 6.45) is -9.22. The van der Waals surface area contributed by atoms with Gasteiger partial charge in [-0.1, -0.05) is 11.6 Å². The van der Waals surface area contributed by atoms with Crippen LogP contribution in [0.15, 0.2) is 36.7 Å². The van der Waals surface area contributed by atoms with Crippen molar-refractivity contribution >= 4 is 35.4 Å². The van der Waals surface area contributed by atoms with Gasteiger partial charge in [0.1, 0.15) is 10.8 Å². The number of aromatic nitrogens is 2. The minimum absolute atomic E-state index is 0.103. The quantitative estimate of drug-likeness (QED) is 0.212. The zero-order valence-corrected chi connectivity index (χ0v) is 19.1. The van der Waals surface area contributed by atoms with Gasteiger partial charge in [-0.3, -0.25) is 9.36 Å². The van der Waals surface area contributed by atoms with Crippen LogP contribution in [0.5, 0.6) is 0 Å². The number of likely N-dealkylation sites (N-methyl/N-ethyl adjacent to an activating group) is 1. The Balaban J connectivity index is 2.23. The zero-order valence-electron chi connectivity index (χ0n) is 17.5. The van der Waals surface area contributed by atoms with E-state index < -0.39 is 69.4 Å². The molecule has 14 heteroatoms. The zero-order chi connectivity index (χ0) is 26.3. The fraction of sp³-hybridized carbons (Fsp3) is 0.238. The van der Waals surface area contributed by atoms with Crippen LogP contribution in [0.1, 0.15) is 23.6 Å². The van der Waals surface area contributed by atoms with E-state index in [-0.39, 0.29) is 17.4 Å². The van der Waals surface area contributed by atoms with Crippen molar-refractivity contribution in [2.75, 3.05) is 11.4 Å². The third-order valence-electron chi connectivity index (χ3n) is 5.02. The van der Waals surface area contributed by atoms with Gasteiger partial charge in [0.2, 0.25) is 5.91 Å². The molecule has 0 saturated heterocycles. The van der Waals surface area contributed by atoms with Crippen molar-refractivity contribution in [1.82, 2.24) is 9.55 Å². The van der Waals surface area contributed by atoms with Crippen LogP contribution in [0.4, 0.5) is 40.8 Å². The Morgan fingerprint density at radius 3 is 2.29 bits per heavy atom. The molecule has 4 nitrogen and oxygen atoms in total. The Labute approximate surface area is 202 Å². The lowest BCUT2D eigenvalue weighted by molar-refractivity contribution is -0.143. The maximum absolute atomic E-state index is 14.5. The highest BCUT2D eigenvalue weighted by atomic mass is 35.5. The number of carbonyl (C=O) groups is 1. The topological polar surface area (TPSA) is 41.0 Å². The summed E-state index contributed by atoms with van der Waals surface area (Å²) in [6.45, 7) is 1.10. The molecule has 35 heavy (non-hydrogen) atoms. The van der Waals surface area contributed by atoms with Crippen LogP contribution >= 0.6 is 23.8 Å². The molecule has 0 radical (unpaired) electrons. The van der Waals surface area contributed by atoms with Gasteiger partial charge in [-0.05, 0) is 49.0 Å². The van der Waals surface area contributed by atoms with Crippen molar-refractivity contribution in [3.8, 4) is 5.69 Å². The molecule has 0 aliphatic rings. The fourth-order valence-corrected chi connectivity index (χ4v) is 3.82. The molecule has 1 aromatic heterocycles. The molecule has 0 saturated carbocycles. The molecule has 1 N–H and O–H groups in total. The van der Waals surface area contributed by atoms with E-state index >= 15 is 0 Å². The normalized spacial score (nSPS) is 12.2. The molecule has 0 unspecified atom stereocenters. The number of aromatic amines is 1. The van der Waals surface area contributed by atoms with E-state index in [0.717, 1.165) is 22.9 Å². The van der Waals surface area contributed by atoms with E-state index in [4.69, 9.17) is 23.8 Å². The second-order valence-electron chi connectivity index (χ2n) is 7.16. The number of halogens is 9. The summed E-state index contributed by atoms with van der Waals surface area (Å²) in [5, 5.41) is -0.932. The molecule has 0 aliphatic heterocycles. The molecular formula is C21H14ClF8N3OS. The van der Waals surface area contributed by atoms with Crippen molar-refractivity contribution in [2.24, 2.45) is 0 Å². The van der Waals surface area contributed by atoms with Crippen LogP contribution in [0.3, 0.4) is 0 Å². The highest BCUT2D eigenvalue weighted by molar-refractivity contribution is 7.71. The van der Waals surface area contributed by atoms with E-state index in [0.29, 0.717) is 11.0 Å².